The van der Waals surface area contributed by atoms with Gasteiger partial charge in [-0.2, -0.15) is 0 Å². The SMILES string of the molecule is COc1cc(Cl)c(C(N)C2CCCC2(C)C)cc1Cl. The van der Waals surface area contributed by atoms with Crippen molar-refractivity contribution < 1.29 is 4.74 Å². The molecule has 0 bridgehead atoms. The smallest absolute Gasteiger partial charge is 0.138 e. The molecule has 1 aromatic carbocycles. The van der Waals surface area contributed by atoms with Crippen molar-refractivity contribution in [1.82, 2.24) is 0 Å². The number of methoxy groups -OCH3 is 1. The highest BCUT2D eigenvalue weighted by molar-refractivity contribution is 6.34. The first-order valence-corrected chi connectivity index (χ1v) is 7.41. The third kappa shape index (κ3) is 2.86. The van der Waals surface area contributed by atoms with E-state index in [9.17, 15) is 0 Å². The molecule has 1 aliphatic carbocycles. The molecule has 106 valence electrons. The van der Waals surface area contributed by atoms with Crippen LogP contribution in [0.2, 0.25) is 10.0 Å². The van der Waals surface area contributed by atoms with E-state index in [0.29, 0.717) is 21.7 Å². The van der Waals surface area contributed by atoms with Crippen molar-refractivity contribution in [2.24, 2.45) is 17.1 Å². The van der Waals surface area contributed by atoms with Gasteiger partial charge in [0.15, 0.2) is 0 Å². The molecule has 0 aromatic heterocycles. The van der Waals surface area contributed by atoms with Crippen LogP contribution in [0.4, 0.5) is 0 Å². The Balaban J connectivity index is 2.34. The Morgan fingerprint density at radius 1 is 1.32 bits per heavy atom. The van der Waals surface area contributed by atoms with Crippen LogP contribution in [0, 0.1) is 11.3 Å². The molecule has 2 atom stereocenters. The highest BCUT2D eigenvalue weighted by atomic mass is 35.5. The predicted octanol–water partition coefficient (Wildman–Crippen LogP) is 4.83. The van der Waals surface area contributed by atoms with Crippen molar-refractivity contribution in [2.45, 2.75) is 39.2 Å². The Kier molecular flexibility index (Phi) is 4.34. The van der Waals surface area contributed by atoms with Crippen LogP contribution in [0.1, 0.15) is 44.7 Å². The minimum Gasteiger partial charge on any atom is -0.495 e. The summed E-state index contributed by atoms with van der Waals surface area (Å²) in [4.78, 5) is 0. The van der Waals surface area contributed by atoms with Crippen molar-refractivity contribution in [3.05, 3.63) is 27.7 Å². The Labute approximate surface area is 125 Å². The maximum atomic E-state index is 6.45. The summed E-state index contributed by atoms with van der Waals surface area (Å²) in [6, 6.07) is 3.52. The van der Waals surface area contributed by atoms with Gasteiger partial charge in [-0.25, -0.2) is 0 Å². The summed E-state index contributed by atoms with van der Waals surface area (Å²) in [5.41, 5.74) is 7.64. The highest BCUT2D eigenvalue weighted by Crippen LogP contribution is 2.49. The van der Waals surface area contributed by atoms with E-state index in [1.165, 1.54) is 12.8 Å². The monoisotopic (exact) mass is 301 g/mol. The van der Waals surface area contributed by atoms with E-state index in [4.69, 9.17) is 33.7 Å². The number of ether oxygens (including phenoxy) is 1. The van der Waals surface area contributed by atoms with Crippen LogP contribution in [-0.2, 0) is 0 Å². The second-order valence-corrected chi connectivity index (χ2v) is 6.84. The fourth-order valence-electron chi connectivity index (χ4n) is 3.19. The molecule has 1 aliphatic rings. The van der Waals surface area contributed by atoms with Crippen LogP contribution < -0.4 is 10.5 Å². The fourth-order valence-corrected chi connectivity index (χ4v) is 3.72. The van der Waals surface area contributed by atoms with E-state index in [1.54, 1.807) is 13.2 Å². The maximum absolute atomic E-state index is 6.45. The van der Waals surface area contributed by atoms with Gasteiger partial charge in [0.05, 0.1) is 12.1 Å². The fraction of sp³-hybridized carbons (Fsp3) is 0.600. The number of benzene rings is 1. The average molecular weight is 302 g/mol. The summed E-state index contributed by atoms with van der Waals surface area (Å²) >= 11 is 12.5. The summed E-state index contributed by atoms with van der Waals surface area (Å²) < 4.78 is 5.17. The predicted molar refractivity (Wildman–Crippen MR) is 81.1 cm³/mol. The van der Waals surface area contributed by atoms with Gasteiger partial charge in [-0.05, 0) is 35.8 Å². The van der Waals surface area contributed by atoms with Crippen LogP contribution in [0.15, 0.2) is 12.1 Å². The van der Waals surface area contributed by atoms with E-state index < -0.39 is 0 Å². The van der Waals surface area contributed by atoms with Crippen LogP contribution >= 0.6 is 23.2 Å². The summed E-state index contributed by atoms with van der Waals surface area (Å²) in [7, 11) is 1.58. The van der Waals surface area contributed by atoms with Gasteiger partial charge >= 0.3 is 0 Å². The second-order valence-electron chi connectivity index (χ2n) is 6.02. The largest absolute Gasteiger partial charge is 0.495 e. The third-order valence-electron chi connectivity index (χ3n) is 4.40. The van der Waals surface area contributed by atoms with Gasteiger partial charge in [-0.3, -0.25) is 0 Å². The number of nitrogens with two attached hydrogens (primary N) is 1. The summed E-state index contributed by atoms with van der Waals surface area (Å²) in [6.45, 7) is 4.56. The molecule has 0 aliphatic heterocycles. The lowest BCUT2D eigenvalue weighted by molar-refractivity contribution is 0.222. The van der Waals surface area contributed by atoms with Crippen LogP contribution in [0.5, 0.6) is 5.75 Å². The van der Waals surface area contributed by atoms with E-state index in [0.717, 1.165) is 12.0 Å². The molecule has 0 radical (unpaired) electrons. The van der Waals surface area contributed by atoms with Gasteiger partial charge in [0.1, 0.15) is 5.75 Å². The Hall–Kier alpha value is -0.440. The van der Waals surface area contributed by atoms with E-state index >= 15 is 0 Å². The van der Waals surface area contributed by atoms with Crippen molar-refractivity contribution in [3.63, 3.8) is 0 Å². The van der Waals surface area contributed by atoms with E-state index in [-0.39, 0.29) is 11.5 Å². The first kappa shape index (κ1) is 15.0. The van der Waals surface area contributed by atoms with Crippen LogP contribution in [0.3, 0.4) is 0 Å². The summed E-state index contributed by atoms with van der Waals surface area (Å²) in [5, 5.41) is 1.20. The Morgan fingerprint density at radius 2 is 2.00 bits per heavy atom. The van der Waals surface area contributed by atoms with E-state index in [2.05, 4.69) is 13.8 Å². The zero-order chi connectivity index (χ0) is 14.2. The number of halogens is 2. The number of hydrogen-bond acceptors (Lipinski definition) is 2. The van der Waals surface area contributed by atoms with Crippen LogP contribution in [-0.4, -0.2) is 7.11 Å². The molecular weight excluding hydrogens is 281 g/mol. The molecule has 2 unspecified atom stereocenters. The van der Waals surface area contributed by atoms with Gasteiger partial charge in [0.2, 0.25) is 0 Å². The van der Waals surface area contributed by atoms with Gasteiger partial charge in [0, 0.05) is 17.1 Å². The Bertz CT molecular complexity index is 473. The molecule has 19 heavy (non-hydrogen) atoms. The average Bonchev–Trinajstić information content (AvgIpc) is 2.70. The molecule has 1 fully saturated rings. The third-order valence-corrected chi connectivity index (χ3v) is 5.03. The zero-order valence-electron chi connectivity index (χ0n) is 11.7. The minimum absolute atomic E-state index is 0.0755. The molecule has 0 amide bonds. The topological polar surface area (TPSA) is 35.2 Å². The molecule has 0 heterocycles. The standard InChI is InChI=1S/C15H21Cl2NO/c1-15(2)6-4-5-10(15)14(18)9-7-12(17)13(19-3)8-11(9)16/h7-8,10,14H,4-6,18H2,1-3H3. The van der Waals surface area contributed by atoms with Gasteiger partial charge in [-0.15, -0.1) is 0 Å². The number of hydrogen-bond donors (Lipinski definition) is 1. The quantitative estimate of drug-likeness (QED) is 0.868. The minimum atomic E-state index is -0.0755. The molecule has 0 saturated heterocycles. The Morgan fingerprint density at radius 3 is 2.53 bits per heavy atom. The summed E-state index contributed by atoms with van der Waals surface area (Å²) in [6.07, 6.45) is 3.59. The van der Waals surface area contributed by atoms with Gasteiger partial charge in [-0.1, -0.05) is 43.5 Å². The maximum Gasteiger partial charge on any atom is 0.138 e. The van der Waals surface area contributed by atoms with Crippen molar-refractivity contribution in [2.75, 3.05) is 7.11 Å². The first-order valence-electron chi connectivity index (χ1n) is 6.65. The molecule has 2 rings (SSSR count). The van der Waals surface area contributed by atoms with Crippen molar-refractivity contribution in [1.29, 1.82) is 0 Å². The van der Waals surface area contributed by atoms with Crippen molar-refractivity contribution in [3.8, 4) is 5.75 Å². The van der Waals surface area contributed by atoms with Crippen molar-refractivity contribution >= 4 is 23.2 Å². The molecule has 2 nitrogen and oxygen atoms in total. The first-order chi connectivity index (χ1) is 8.86. The van der Waals surface area contributed by atoms with E-state index in [1.807, 2.05) is 6.07 Å². The van der Waals surface area contributed by atoms with Gasteiger partial charge < -0.3 is 10.5 Å². The molecule has 4 heteroatoms. The lowest BCUT2D eigenvalue weighted by Gasteiger charge is -2.32. The zero-order valence-corrected chi connectivity index (χ0v) is 13.2. The normalized spacial score (nSPS) is 23.4. The second kappa shape index (κ2) is 5.51. The molecule has 2 N–H and O–H groups in total. The van der Waals surface area contributed by atoms with Crippen LogP contribution in [0.25, 0.3) is 0 Å². The number of rotatable bonds is 3. The molecular formula is C15H21Cl2NO. The highest BCUT2D eigenvalue weighted by Gasteiger charge is 2.39. The molecule has 1 aromatic rings. The molecule has 0 spiro atoms. The summed E-state index contributed by atoms with van der Waals surface area (Å²) in [5.74, 6) is 1.03. The lowest BCUT2D eigenvalue weighted by Crippen LogP contribution is -2.29. The van der Waals surface area contributed by atoms with Gasteiger partial charge in [0.25, 0.3) is 0 Å². The lowest BCUT2D eigenvalue weighted by atomic mass is 9.76. The molecule has 1 saturated carbocycles.